The summed E-state index contributed by atoms with van der Waals surface area (Å²) >= 11 is 5.39. The summed E-state index contributed by atoms with van der Waals surface area (Å²) in [5, 5.41) is 0. The van der Waals surface area contributed by atoms with Crippen LogP contribution in [0.3, 0.4) is 0 Å². The average molecular weight is 275 g/mol. The fourth-order valence-electron chi connectivity index (χ4n) is 2.64. The third-order valence-electron chi connectivity index (χ3n) is 3.70. The van der Waals surface area contributed by atoms with Crippen LogP contribution in [0.1, 0.15) is 61.0 Å². The van der Waals surface area contributed by atoms with Gasteiger partial charge < -0.3 is 0 Å². The van der Waals surface area contributed by atoms with Crippen LogP contribution in [0.4, 0.5) is 0 Å². The minimum absolute atomic E-state index is 0.0913. The molecule has 0 spiro atoms. The van der Waals surface area contributed by atoms with Crippen molar-refractivity contribution in [3.8, 4) is 0 Å². The standard InChI is InChI=1S/C16H21NOS/c1-3-5-6-7-9-12-10-8-11-13-14(12)15(18)17(4-2)16(13)19/h8,10-11H,3-7,9H2,1-2H3. The number of unbranched alkanes of at least 4 members (excludes halogenated alkanes) is 3. The number of benzene rings is 1. The third-order valence-corrected chi connectivity index (χ3v) is 4.14. The topological polar surface area (TPSA) is 20.3 Å². The number of carbonyl (C=O) groups is 1. The predicted molar refractivity (Wildman–Crippen MR) is 82.7 cm³/mol. The van der Waals surface area contributed by atoms with Gasteiger partial charge in [0.25, 0.3) is 5.91 Å². The molecule has 0 atom stereocenters. The Bertz CT molecular complexity index is 496. The Hall–Kier alpha value is -1.22. The molecule has 2 nitrogen and oxygen atoms in total. The first-order chi connectivity index (χ1) is 9.20. The van der Waals surface area contributed by atoms with E-state index >= 15 is 0 Å². The van der Waals surface area contributed by atoms with E-state index < -0.39 is 0 Å². The van der Waals surface area contributed by atoms with E-state index in [1.54, 1.807) is 4.90 Å². The summed E-state index contributed by atoms with van der Waals surface area (Å²) in [6, 6.07) is 6.07. The van der Waals surface area contributed by atoms with Crippen molar-refractivity contribution < 1.29 is 4.79 Å². The molecule has 1 heterocycles. The van der Waals surface area contributed by atoms with Crippen LogP contribution in [-0.4, -0.2) is 22.3 Å². The van der Waals surface area contributed by atoms with Crippen molar-refractivity contribution >= 4 is 23.1 Å². The molecule has 0 radical (unpaired) electrons. The molecule has 0 fully saturated rings. The number of rotatable bonds is 6. The number of amides is 1. The van der Waals surface area contributed by atoms with Crippen LogP contribution in [0.5, 0.6) is 0 Å². The largest absolute Gasteiger partial charge is 0.299 e. The maximum atomic E-state index is 12.4. The van der Waals surface area contributed by atoms with E-state index in [1.807, 2.05) is 19.1 Å². The molecule has 19 heavy (non-hydrogen) atoms. The molecular formula is C16H21NOS. The van der Waals surface area contributed by atoms with Crippen molar-refractivity contribution in [2.24, 2.45) is 0 Å². The van der Waals surface area contributed by atoms with Gasteiger partial charge in [-0.2, -0.15) is 0 Å². The first-order valence-electron chi connectivity index (χ1n) is 7.18. The Morgan fingerprint density at radius 3 is 2.63 bits per heavy atom. The van der Waals surface area contributed by atoms with Gasteiger partial charge in [0.05, 0.1) is 5.56 Å². The lowest BCUT2D eigenvalue weighted by molar-refractivity contribution is 0.0866. The summed E-state index contributed by atoms with van der Waals surface area (Å²) in [5.74, 6) is 0.0913. The molecule has 1 aromatic carbocycles. The van der Waals surface area contributed by atoms with Crippen LogP contribution in [0, 0.1) is 0 Å². The number of aryl methyl sites for hydroxylation is 1. The molecule has 2 rings (SSSR count). The SMILES string of the molecule is CCCCCCc1cccc2c1C(=O)N(CC)C2=S. The average Bonchev–Trinajstić information content (AvgIpc) is 2.67. The minimum atomic E-state index is 0.0913. The van der Waals surface area contributed by atoms with E-state index in [2.05, 4.69) is 13.0 Å². The summed E-state index contributed by atoms with van der Waals surface area (Å²) in [7, 11) is 0. The molecule has 0 unspecified atom stereocenters. The van der Waals surface area contributed by atoms with Crippen molar-refractivity contribution in [2.45, 2.75) is 46.0 Å². The third kappa shape index (κ3) is 2.71. The molecular weight excluding hydrogens is 254 g/mol. The Balaban J connectivity index is 2.20. The van der Waals surface area contributed by atoms with E-state index in [1.165, 1.54) is 19.3 Å². The molecule has 0 aliphatic carbocycles. The van der Waals surface area contributed by atoms with E-state index in [0.717, 1.165) is 29.5 Å². The highest BCUT2D eigenvalue weighted by molar-refractivity contribution is 7.80. The molecule has 1 aromatic rings. The fraction of sp³-hybridized carbons (Fsp3) is 0.500. The first-order valence-corrected chi connectivity index (χ1v) is 7.59. The van der Waals surface area contributed by atoms with E-state index in [4.69, 9.17) is 12.2 Å². The van der Waals surface area contributed by atoms with Gasteiger partial charge in [-0.3, -0.25) is 9.69 Å². The van der Waals surface area contributed by atoms with E-state index in [-0.39, 0.29) is 5.91 Å². The number of thiocarbonyl (C=S) groups is 1. The van der Waals surface area contributed by atoms with Gasteiger partial charge in [-0.1, -0.05) is 56.6 Å². The molecule has 1 aliphatic heterocycles. The summed E-state index contributed by atoms with van der Waals surface area (Å²) in [6.07, 6.45) is 5.86. The Labute approximate surface area is 120 Å². The normalized spacial score (nSPS) is 14.1. The highest BCUT2D eigenvalue weighted by Gasteiger charge is 2.32. The highest BCUT2D eigenvalue weighted by Crippen LogP contribution is 2.27. The van der Waals surface area contributed by atoms with Crippen molar-refractivity contribution in [3.63, 3.8) is 0 Å². The lowest BCUT2D eigenvalue weighted by Crippen LogP contribution is -2.28. The summed E-state index contributed by atoms with van der Waals surface area (Å²) in [6.45, 7) is 4.83. The molecule has 1 aliphatic rings. The van der Waals surface area contributed by atoms with Crippen LogP contribution in [-0.2, 0) is 6.42 Å². The number of carbonyl (C=O) groups excluding carboxylic acids is 1. The monoisotopic (exact) mass is 275 g/mol. The van der Waals surface area contributed by atoms with Gasteiger partial charge in [-0.25, -0.2) is 0 Å². The second kappa shape index (κ2) is 6.29. The molecule has 0 aromatic heterocycles. The molecule has 0 saturated heterocycles. The van der Waals surface area contributed by atoms with Crippen molar-refractivity contribution in [3.05, 3.63) is 34.9 Å². The number of hydrogen-bond acceptors (Lipinski definition) is 2. The number of hydrogen-bond donors (Lipinski definition) is 0. The lowest BCUT2D eigenvalue weighted by Gasteiger charge is -2.12. The number of fused-ring (bicyclic) bond motifs is 1. The maximum Gasteiger partial charge on any atom is 0.259 e. The fourth-order valence-corrected chi connectivity index (χ4v) is 3.02. The van der Waals surface area contributed by atoms with Gasteiger partial charge in [0.2, 0.25) is 0 Å². The summed E-state index contributed by atoms with van der Waals surface area (Å²) in [5.41, 5.74) is 2.97. The summed E-state index contributed by atoms with van der Waals surface area (Å²) in [4.78, 5) is 14.8. The van der Waals surface area contributed by atoms with Gasteiger partial charge in [0.15, 0.2) is 0 Å². The summed E-state index contributed by atoms with van der Waals surface area (Å²) < 4.78 is 0. The van der Waals surface area contributed by atoms with E-state index in [9.17, 15) is 4.79 Å². The van der Waals surface area contributed by atoms with Crippen LogP contribution < -0.4 is 0 Å². The second-order valence-electron chi connectivity index (χ2n) is 5.00. The smallest absolute Gasteiger partial charge is 0.259 e. The highest BCUT2D eigenvalue weighted by atomic mass is 32.1. The van der Waals surface area contributed by atoms with Gasteiger partial charge >= 0.3 is 0 Å². The quantitative estimate of drug-likeness (QED) is 0.578. The first kappa shape index (κ1) is 14.2. The van der Waals surface area contributed by atoms with Gasteiger partial charge in [-0.15, -0.1) is 0 Å². The van der Waals surface area contributed by atoms with Gasteiger partial charge in [0, 0.05) is 12.1 Å². The zero-order valence-corrected chi connectivity index (χ0v) is 12.6. The molecule has 102 valence electrons. The molecule has 0 bridgehead atoms. The maximum absolute atomic E-state index is 12.4. The van der Waals surface area contributed by atoms with Crippen molar-refractivity contribution in [2.75, 3.05) is 6.54 Å². The second-order valence-corrected chi connectivity index (χ2v) is 5.39. The Morgan fingerprint density at radius 2 is 1.95 bits per heavy atom. The Kier molecular flexibility index (Phi) is 4.70. The number of nitrogens with zero attached hydrogens (tertiary/aromatic N) is 1. The zero-order valence-electron chi connectivity index (χ0n) is 11.7. The van der Waals surface area contributed by atoms with Crippen LogP contribution >= 0.6 is 12.2 Å². The molecule has 3 heteroatoms. The lowest BCUT2D eigenvalue weighted by atomic mass is 9.98. The van der Waals surface area contributed by atoms with Crippen molar-refractivity contribution in [1.82, 2.24) is 4.90 Å². The van der Waals surface area contributed by atoms with Gasteiger partial charge in [-0.05, 0) is 25.3 Å². The van der Waals surface area contributed by atoms with Crippen LogP contribution in [0.25, 0.3) is 0 Å². The van der Waals surface area contributed by atoms with Crippen LogP contribution in [0.15, 0.2) is 18.2 Å². The zero-order chi connectivity index (χ0) is 13.8. The van der Waals surface area contributed by atoms with Gasteiger partial charge in [0.1, 0.15) is 4.99 Å². The van der Waals surface area contributed by atoms with Crippen molar-refractivity contribution in [1.29, 1.82) is 0 Å². The predicted octanol–water partition coefficient (Wildman–Crippen LogP) is 3.96. The van der Waals surface area contributed by atoms with Crippen LogP contribution in [0.2, 0.25) is 0 Å². The molecule has 0 N–H and O–H groups in total. The Morgan fingerprint density at radius 1 is 1.16 bits per heavy atom. The molecule has 0 saturated carbocycles. The van der Waals surface area contributed by atoms with E-state index in [0.29, 0.717) is 11.5 Å². The molecule has 1 amide bonds. The minimum Gasteiger partial charge on any atom is -0.299 e.